The summed E-state index contributed by atoms with van der Waals surface area (Å²) >= 11 is 0. The number of nitrogens with zero attached hydrogens (tertiary/aromatic N) is 2. The Balaban J connectivity index is 0.00000264. The Hall–Kier alpha value is -1.08. The van der Waals surface area contributed by atoms with E-state index in [-0.39, 0.29) is 42.3 Å². The molecule has 6 nitrogen and oxygen atoms in total. The molecule has 1 aliphatic heterocycles. The molecule has 0 unspecified atom stereocenters. The van der Waals surface area contributed by atoms with Crippen molar-refractivity contribution in [3.8, 4) is 5.75 Å². The normalized spacial score (nSPS) is 16.1. The van der Waals surface area contributed by atoms with Gasteiger partial charge in [0.1, 0.15) is 0 Å². The van der Waals surface area contributed by atoms with Crippen LogP contribution in [0.1, 0.15) is 38.3 Å². The maximum absolute atomic E-state index is 11.1. The molecule has 1 aliphatic rings. The van der Waals surface area contributed by atoms with Crippen LogP contribution in [-0.4, -0.2) is 41.1 Å². The second-order valence-corrected chi connectivity index (χ2v) is 6.28. The molecule has 0 amide bonds. The fourth-order valence-corrected chi connectivity index (χ4v) is 2.94. The lowest BCUT2D eigenvalue weighted by molar-refractivity contribution is -0.386. The van der Waals surface area contributed by atoms with Crippen LogP contribution in [0.25, 0.3) is 0 Å². The van der Waals surface area contributed by atoms with Crippen LogP contribution in [-0.2, 0) is 0 Å². The summed E-state index contributed by atoms with van der Waals surface area (Å²) in [5.74, 6) is 0.328. The van der Waals surface area contributed by atoms with Gasteiger partial charge in [0.25, 0.3) is 0 Å². The van der Waals surface area contributed by atoms with Crippen LogP contribution in [0.4, 0.5) is 5.69 Å². The molecule has 1 aromatic rings. The van der Waals surface area contributed by atoms with Crippen LogP contribution in [0.5, 0.6) is 5.75 Å². The fourth-order valence-electron chi connectivity index (χ4n) is 2.94. The van der Waals surface area contributed by atoms with E-state index in [0.717, 1.165) is 44.6 Å². The van der Waals surface area contributed by atoms with Crippen LogP contribution < -0.4 is 5.32 Å². The molecule has 0 radical (unpaired) electrons. The summed E-state index contributed by atoms with van der Waals surface area (Å²) in [5.41, 5.74) is 0.717. The van der Waals surface area contributed by atoms with Crippen LogP contribution in [0.15, 0.2) is 18.2 Å². The molecule has 8 heteroatoms. The van der Waals surface area contributed by atoms with Gasteiger partial charge in [0.15, 0.2) is 5.75 Å². The number of hydrogen-bond acceptors (Lipinski definition) is 5. The average molecular weight is 380 g/mol. The maximum Gasteiger partial charge on any atom is 0.311 e. The first kappa shape index (κ1) is 22.9. The monoisotopic (exact) mass is 379 g/mol. The SMILES string of the molecule is CC(C)CC[C@H](c1ccc(O)c([N+](=O)[O-])c1)N1CCNCC1.Cl.Cl. The van der Waals surface area contributed by atoms with Gasteiger partial charge in [0, 0.05) is 38.3 Å². The van der Waals surface area contributed by atoms with Gasteiger partial charge >= 0.3 is 5.69 Å². The summed E-state index contributed by atoms with van der Waals surface area (Å²) in [4.78, 5) is 12.9. The summed E-state index contributed by atoms with van der Waals surface area (Å²) in [7, 11) is 0. The van der Waals surface area contributed by atoms with E-state index in [2.05, 4.69) is 24.1 Å². The van der Waals surface area contributed by atoms with Crippen molar-refractivity contribution < 1.29 is 10.0 Å². The van der Waals surface area contributed by atoms with Crippen molar-refractivity contribution in [2.75, 3.05) is 26.2 Å². The maximum atomic E-state index is 11.1. The highest BCUT2D eigenvalue weighted by atomic mass is 35.5. The van der Waals surface area contributed by atoms with Crippen molar-refractivity contribution in [1.29, 1.82) is 0 Å². The van der Waals surface area contributed by atoms with Crippen LogP contribution in [0.3, 0.4) is 0 Å². The van der Waals surface area contributed by atoms with Crippen molar-refractivity contribution in [3.63, 3.8) is 0 Å². The number of aromatic hydroxyl groups is 1. The molecule has 24 heavy (non-hydrogen) atoms. The molecule has 138 valence electrons. The first-order valence-corrected chi connectivity index (χ1v) is 7.91. The van der Waals surface area contributed by atoms with Crippen molar-refractivity contribution in [3.05, 3.63) is 33.9 Å². The van der Waals surface area contributed by atoms with E-state index in [1.54, 1.807) is 0 Å². The Morgan fingerprint density at radius 3 is 2.42 bits per heavy atom. The molecule has 1 fully saturated rings. The first-order chi connectivity index (χ1) is 10.5. The minimum absolute atomic E-state index is 0. The molecule has 0 saturated carbocycles. The van der Waals surface area contributed by atoms with E-state index >= 15 is 0 Å². The fraction of sp³-hybridized carbons (Fsp3) is 0.625. The lowest BCUT2D eigenvalue weighted by Gasteiger charge is -2.35. The number of phenolic OH excluding ortho intramolecular Hbond substituents is 1. The molecule has 1 heterocycles. The Labute approximate surface area is 155 Å². The number of halogens is 2. The van der Waals surface area contributed by atoms with Gasteiger partial charge in [-0.2, -0.15) is 0 Å². The zero-order chi connectivity index (χ0) is 16.1. The van der Waals surface area contributed by atoms with E-state index in [4.69, 9.17) is 0 Å². The van der Waals surface area contributed by atoms with Crippen molar-refractivity contribution in [1.82, 2.24) is 10.2 Å². The quantitative estimate of drug-likeness (QED) is 0.583. The Kier molecular flexibility index (Phi) is 10.2. The van der Waals surface area contributed by atoms with Gasteiger partial charge in [-0.3, -0.25) is 15.0 Å². The van der Waals surface area contributed by atoms with Gasteiger partial charge < -0.3 is 10.4 Å². The summed E-state index contributed by atoms with van der Waals surface area (Å²) in [6, 6.07) is 4.96. The number of phenols is 1. The van der Waals surface area contributed by atoms with E-state index < -0.39 is 4.92 Å². The molecule has 0 bridgehead atoms. The Morgan fingerprint density at radius 1 is 1.25 bits per heavy atom. The molecule has 2 N–H and O–H groups in total. The topological polar surface area (TPSA) is 78.6 Å². The Bertz CT molecular complexity index is 523. The van der Waals surface area contributed by atoms with Crippen molar-refractivity contribution in [2.24, 2.45) is 5.92 Å². The second kappa shape index (κ2) is 10.7. The van der Waals surface area contributed by atoms with Crippen molar-refractivity contribution in [2.45, 2.75) is 32.7 Å². The van der Waals surface area contributed by atoms with Crippen LogP contribution in [0.2, 0.25) is 0 Å². The first-order valence-electron chi connectivity index (χ1n) is 7.91. The smallest absolute Gasteiger partial charge is 0.311 e. The summed E-state index contributed by atoms with van der Waals surface area (Å²) in [6.07, 6.45) is 2.04. The largest absolute Gasteiger partial charge is 0.502 e. The lowest BCUT2D eigenvalue weighted by atomic mass is 9.95. The molecule has 0 aliphatic carbocycles. The Morgan fingerprint density at radius 2 is 1.88 bits per heavy atom. The van der Waals surface area contributed by atoms with Gasteiger partial charge in [-0.05, 0) is 30.4 Å². The summed E-state index contributed by atoms with van der Waals surface area (Å²) < 4.78 is 0. The molecule has 1 saturated heterocycles. The van der Waals surface area contributed by atoms with E-state index in [9.17, 15) is 15.2 Å². The molecular formula is C16H27Cl2N3O3. The number of hydrogen-bond donors (Lipinski definition) is 2. The highest BCUT2D eigenvalue weighted by molar-refractivity contribution is 5.85. The number of benzene rings is 1. The molecule has 1 aromatic carbocycles. The third kappa shape index (κ3) is 6.09. The summed E-state index contributed by atoms with van der Waals surface area (Å²) in [6.45, 7) is 8.15. The van der Waals surface area contributed by atoms with Crippen LogP contribution >= 0.6 is 24.8 Å². The van der Waals surface area contributed by atoms with Crippen molar-refractivity contribution >= 4 is 30.5 Å². The summed E-state index contributed by atoms with van der Waals surface area (Å²) in [5, 5.41) is 24.0. The number of nitro benzene ring substituents is 1. The van der Waals surface area contributed by atoms with Gasteiger partial charge in [-0.1, -0.05) is 19.9 Å². The van der Waals surface area contributed by atoms with Gasteiger partial charge in [-0.25, -0.2) is 0 Å². The zero-order valence-electron chi connectivity index (χ0n) is 14.1. The molecule has 0 spiro atoms. The number of nitro groups is 1. The number of rotatable bonds is 6. The molecule has 1 atom stereocenters. The predicted octanol–water partition coefficient (Wildman–Crippen LogP) is 3.53. The third-order valence-electron chi connectivity index (χ3n) is 4.19. The molecule has 2 rings (SSSR count). The van der Waals surface area contributed by atoms with Gasteiger partial charge in [0.05, 0.1) is 4.92 Å². The standard InChI is InChI=1S/C16H25N3O3.2ClH/c1-12(2)3-5-14(18-9-7-17-8-10-18)13-4-6-16(20)15(11-13)19(21)22;;/h4,6,11-12,14,17,20H,3,5,7-10H2,1-2H3;2*1H/t14-;;/m1../s1. The van der Waals surface area contributed by atoms with Gasteiger partial charge in [-0.15, -0.1) is 24.8 Å². The van der Waals surface area contributed by atoms with E-state index in [1.807, 2.05) is 6.07 Å². The van der Waals surface area contributed by atoms with E-state index in [1.165, 1.54) is 12.1 Å². The van der Waals surface area contributed by atoms with E-state index in [0.29, 0.717) is 5.92 Å². The molecule has 0 aromatic heterocycles. The second-order valence-electron chi connectivity index (χ2n) is 6.28. The number of nitrogens with one attached hydrogen (secondary N) is 1. The molecular weight excluding hydrogens is 353 g/mol. The number of piperazine rings is 1. The lowest BCUT2D eigenvalue weighted by Crippen LogP contribution is -2.45. The minimum Gasteiger partial charge on any atom is -0.502 e. The average Bonchev–Trinajstić information content (AvgIpc) is 2.49. The zero-order valence-corrected chi connectivity index (χ0v) is 15.7. The predicted molar refractivity (Wildman–Crippen MR) is 101 cm³/mol. The van der Waals surface area contributed by atoms with Gasteiger partial charge in [0.2, 0.25) is 0 Å². The van der Waals surface area contributed by atoms with Crippen LogP contribution in [0, 0.1) is 16.0 Å². The highest BCUT2D eigenvalue weighted by Crippen LogP contribution is 2.34. The highest BCUT2D eigenvalue weighted by Gasteiger charge is 2.25. The minimum atomic E-state index is -0.518. The third-order valence-corrected chi connectivity index (χ3v) is 4.19.